The molecular weight excluding hydrogens is 230 g/mol. The van der Waals surface area contributed by atoms with Gasteiger partial charge >= 0.3 is 5.97 Å². The highest BCUT2D eigenvalue weighted by Gasteiger charge is 2.43. The normalized spacial score (nSPS) is 18.2. The van der Waals surface area contributed by atoms with Crippen molar-refractivity contribution in [1.29, 1.82) is 0 Å². The first-order chi connectivity index (χ1) is 8.58. The van der Waals surface area contributed by atoms with Crippen LogP contribution in [0, 0.1) is 6.92 Å². The summed E-state index contributed by atoms with van der Waals surface area (Å²) in [6.07, 6.45) is 5.42. The van der Waals surface area contributed by atoms with Crippen LogP contribution in [0.25, 0.3) is 0 Å². The first-order valence-corrected chi connectivity index (χ1v) is 6.31. The Balaban J connectivity index is 2.34. The van der Waals surface area contributed by atoms with E-state index in [9.17, 15) is 4.79 Å². The molecule has 0 radical (unpaired) electrons. The van der Waals surface area contributed by atoms with Crippen molar-refractivity contribution < 1.29 is 9.53 Å². The van der Waals surface area contributed by atoms with E-state index >= 15 is 0 Å². The first kappa shape index (κ1) is 13.0. The molecule has 1 aliphatic rings. The Hall–Kier alpha value is -1.49. The predicted molar refractivity (Wildman–Crippen MR) is 66.9 cm³/mol. The van der Waals surface area contributed by atoms with Crippen LogP contribution < -0.4 is 5.32 Å². The second kappa shape index (κ2) is 5.02. The fourth-order valence-electron chi connectivity index (χ4n) is 2.03. The highest BCUT2D eigenvalue weighted by molar-refractivity contribution is 5.82. The number of rotatable bonds is 5. The molecule has 0 saturated heterocycles. The van der Waals surface area contributed by atoms with Crippen LogP contribution in [0.4, 0.5) is 0 Å². The number of aryl methyl sites for hydroxylation is 1. The lowest BCUT2D eigenvalue weighted by Gasteiger charge is -2.28. The molecule has 1 atom stereocenters. The van der Waals surface area contributed by atoms with Crippen LogP contribution in [-0.2, 0) is 15.1 Å². The van der Waals surface area contributed by atoms with Crippen molar-refractivity contribution in [3.63, 3.8) is 0 Å². The van der Waals surface area contributed by atoms with Crippen LogP contribution in [0.15, 0.2) is 12.4 Å². The van der Waals surface area contributed by atoms with Crippen molar-refractivity contribution in [3.05, 3.63) is 23.8 Å². The summed E-state index contributed by atoms with van der Waals surface area (Å²) in [6, 6.07) is 0.376. The van der Waals surface area contributed by atoms with Crippen LogP contribution >= 0.6 is 0 Å². The van der Waals surface area contributed by atoms with Gasteiger partial charge < -0.3 is 4.74 Å². The SMILES string of the molecule is CCOC(=O)C(C)(NC1CC1)c1nccnc1C. The van der Waals surface area contributed by atoms with E-state index in [0.717, 1.165) is 18.5 Å². The van der Waals surface area contributed by atoms with Gasteiger partial charge in [-0.25, -0.2) is 4.79 Å². The molecule has 5 heteroatoms. The number of ether oxygens (including phenoxy) is 1. The highest BCUT2D eigenvalue weighted by Crippen LogP contribution is 2.29. The molecule has 1 aromatic rings. The summed E-state index contributed by atoms with van der Waals surface area (Å²) in [7, 11) is 0. The van der Waals surface area contributed by atoms with Crippen LogP contribution in [0.1, 0.15) is 38.1 Å². The van der Waals surface area contributed by atoms with Gasteiger partial charge in [0.05, 0.1) is 18.0 Å². The van der Waals surface area contributed by atoms with Crippen LogP contribution in [0.5, 0.6) is 0 Å². The molecule has 1 aromatic heterocycles. The molecule has 0 amide bonds. The minimum absolute atomic E-state index is 0.291. The molecule has 1 heterocycles. The van der Waals surface area contributed by atoms with Gasteiger partial charge in [0.2, 0.25) is 0 Å². The molecule has 1 aliphatic carbocycles. The average Bonchev–Trinajstić information content (AvgIpc) is 3.13. The summed E-state index contributed by atoms with van der Waals surface area (Å²) in [5, 5.41) is 3.33. The Labute approximate surface area is 107 Å². The van der Waals surface area contributed by atoms with Gasteiger partial charge in [0.25, 0.3) is 0 Å². The molecule has 0 aromatic carbocycles. The van der Waals surface area contributed by atoms with Gasteiger partial charge in [-0.1, -0.05) is 0 Å². The maximum absolute atomic E-state index is 12.2. The molecule has 1 N–H and O–H groups in total. The predicted octanol–water partition coefficient (Wildman–Crippen LogP) is 1.32. The van der Waals surface area contributed by atoms with Crippen LogP contribution in [0.3, 0.4) is 0 Å². The van der Waals surface area contributed by atoms with Crippen molar-refractivity contribution in [2.45, 2.75) is 45.2 Å². The Morgan fingerprint density at radius 3 is 2.72 bits per heavy atom. The fraction of sp³-hybridized carbons (Fsp3) is 0.615. The van der Waals surface area contributed by atoms with Crippen molar-refractivity contribution in [1.82, 2.24) is 15.3 Å². The topological polar surface area (TPSA) is 64.1 Å². The molecule has 1 fully saturated rings. The Morgan fingerprint density at radius 2 is 2.17 bits per heavy atom. The lowest BCUT2D eigenvalue weighted by molar-refractivity contribution is -0.151. The first-order valence-electron chi connectivity index (χ1n) is 6.31. The lowest BCUT2D eigenvalue weighted by atomic mass is 9.95. The third-order valence-electron chi connectivity index (χ3n) is 3.11. The number of carbonyl (C=O) groups excluding carboxylic acids is 1. The molecular formula is C13H19N3O2. The summed E-state index contributed by atoms with van der Waals surface area (Å²) in [5.74, 6) is -0.291. The van der Waals surface area contributed by atoms with Gasteiger partial charge in [0.15, 0.2) is 5.54 Å². The molecule has 0 aliphatic heterocycles. The third kappa shape index (κ3) is 2.51. The molecule has 1 saturated carbocycles. The second-order valence-electron chi connectivity index (χ2n) is 4.75. The molecule has 5 nitrogen and oxygen atoms in total. The fourth-order valence-corrected chi connectivity index (χ4v) is 2.03. The number of esters is 1. The van der Waals surface area contributed by atoms with E-state index in [2.05, 4.69) is 15.3 Å². The zero-order valence-electron chi connectivity index (χ0n) is 11.1. The highest BCUT2D eigenvalue weighted by atomic mass is 16.5. The maximum atomic E-state index is 12.2. The lowest BCUT2D eigenvalue weighted by Crippen LogP contribution is -2.50. The molecule has 98 valence electrons. The van der Waals surface area contributed by atoms with Crippen molar-refractivity contribution in [2.75, 3.05) is 6.61 Å². The summed E-state index contributed by atoms with van der Waals surface area (Å²) in [5.41, 5.74) is 0.492. The number of hydrogen-bond acceptors (Lipinski definition) is 5. The molecule has 0 bridgehead atoms. The Bertz CT molecular complexity index is 446. The molecule has 0 spiro atoms. The van der Waals surface area contributed by atoms with E-state index in [1.807, 2.05) is 13.8 Å². The van der Waals surface area contributed by atoms with E-state index in [0.29, 0.717) is 18.3 Å². The monoisotopic (exact) mass is 249 g/mol. The van der Waals surface area contributed by atoms with Crippen LogP contribution in [0.2, 0.25) is 0 Å². The van der Waals surface area contributed by atoms with Gasteiger partial charge in [0.1, 0.15) is 0 Å². The summed E-state index contributed by atoms with van der Waals surface area (Å²) in [4.78, 5) is 20.7. The summed E-state index contributed by atoms with van der Waals surface area (Å²) in [6.45, 7) is 5.84. The Morgan fingerprint density at radius 1 is 1.50 bits per heavy atom. The summed E-state index contributed by atoms with van der Waals surface area (Å²) >= 11 is 0. The van der Waals surface area contributed by atoms with E-state index in [-0.39, 0.29) is 5.97 Å². The third-order valence-corrected chi connectivity index (χ3v) is 3.11. The quantitative estimate of drug-likeness (QED) is 0.797. The standard InChI is InChI=1S/C13H19N3O2/c1-4-18-12(17)13(3,16-10-5-6-10)11-9(2)14-7-8-15-11/h7-8,10,16H,4-6H2,1-3H3. The number of aromatic nitrogens is 2. The van der Waals surface area contributed by atoms with Gasteiger partial charge in [-0.2, -0.15) is 0 Å². The smallest absolute Gasteiger partial charge is 0.332 e. The van der Waals surface area contributed by atoms with E-state index in [1.54, 1.807) is 19.3 Å². The minimum atomic E-state index is -0.907. The van der Waals surface area contributed by atoms with Gasteiger partial charge in [0, 0.05) is 18.4 Å². The van der Waals surface area contributed by atoms with Crippen molar-refractivity contribution in [3.8, 4) is 0 Å². The van der Waals surface area contributed by atoms with Crippen molar-refractivity contribution >= 4 is 5.97 Å². The average molecular weight is 249 g/mol. The van der Waals surface area contributed by atoms with E-state index in [4.69, 9.17) is 4.74 Å². The van der Waals surface area contributed by atoms with E-state index in [1.165, 1.54) is 0 Å². The van der Waals surface area contributed by atoms with E-state index < -0.39 is 5.54 Å². The molecule has 2 rings (SSSR count). The van der Waals surface area contributed by atoms with Gasteiger partial charge in [-0.05, 0) is 33.6 Å². The molecule has 18 heavy (non-hydrogen) atoms. The minimum Gasteiger partial charge on any atom is -0.464 e. The number of carbonyl (C=O) groups is 1. The zero-order valence-corrected chi connectivity index (χ0v) is 11.1. The second-order valence-corrected chi connectivity index (χ2v) is 4.75. The van der Waals surface area contributed by atoms with Crippen molar-refractivity contribution in [2.24, 2.45) is 0 Å². The zero-order chi connectivity index (χ0) is 13.2. The summed E-state index contributed by atoms with van der Waals surface area (Å²) < 4.78 is 5.18. The maximum Gasteiger partial charge on any atom is 0.332 e. The largest absolute Gasteiger partial charge is 0.464 e. The number of nitrogens with zero attached hydrogens (tertiary/aromatic N) is 2. The number of hydrogen-bond donors (Lipinski definition) is 1. The van der Waals surface area contributed by atoms with Crippen LogP contribution in [-0.4, -0.2) is 28.6 Å². The Kier molecular flexibility index (Phi) is 3.61. The van der Waals surface area contributed by atoms with Gasteiger partial charge in [-0.3, -0.25) is 15.3 Å². The molecule has 1 unspecified atom stereocenters. The number of nitrogens with one attached hydrogen (secondary N) is 1. The van der Waals surface area contributed by atoms with Gasteiger partial charge in [-0.15, -0.1) is 0 Å².